The molecule has 2 rings (SSSR count). The number of nitrogens with two attached hydrogens (primary N) is 1. The van der Waals surface area contributed by atoms with E-state index in [0.29, 0.717) is 11.3 Å². The van der Waals surface area contributed by atoms with Crippen molar-refractivity contribution in [3.8, 4) is 0 Å². The molecule has 72 valence electrons. The molecule has 2 N–H and O–H groups in total. The van der Waals surface area contributed by atoms with Gasteiger partial charge in [0.1, 0.15) is 11.3 Å². The molecule has 3 nitrogen and oxygen atoms in total. The molecular formula is C11H11NO2. The molecule has 14 heavy (non-hydrogen) atoms. The van der Waals surface area contributed by atoms with Crippen molar-refractivity contribution in [1.82, 2.24) is 0 Å². The summed E-state index contributed by atoms with van der Waals surface area (Å²) in [6.45, 7) is 3.72. The summed E-state index contributed by atoms with van der Waals surface area (Å²) in [5, 5.41) is 0.792. The molecular weight excluding hydrogens is 178 g/mol. The number of fused-ring (bicyclic) bond motifs is 1. The van der Waals surface area contributed by atoms with Crippen LogP contribution in [0.15, 0.2) is 22.6 Å². The molecule has 0 saturated heterocycles. The third kappa shape index (κ3) is 1.18. The molecule has 0 fully saturated rings. The van der Waals surface area contributed by atoms with Crippen molar-refractivity contribution in [2.45, 2.75) is 13.8 Å². The molecule has 1 aromatic heterocycles. The first-order valence-electron chi connectivity index (χ1n) is 4.39. The largest absolute Gasteiger partial charge is 0.461 e. The fraction of sp³-hybridized carbons (Fsp3) is 0.182. The SMILES string of the molecule is Cc1ccc2c(C(N)=O)c(C)oc2c1. The second-order valence-corrected chi connectivity index (χ2v) is 3.40. The van der Waals surface area contributed by atoms with Gasteiger partial charge in [-0.1, -0.05) is 12.1 Å². The Balaban J connectivity index is 2.84. The minimum absolute atomic E-state index is 0.440. The van der Waals surface area contributed by atoms with Gasteiger partial charge in [-0.3, -0.25) is 4.79 Å². The van der Waals surface area contributed by atoms with Crippen LogP contribution in [-0.2, 0) is 0 Å². The Hall–Kier alpha value is -1.77. The van der Waals surface area contributed by atoms with Gasteiger partial charge in [-0.25, -0.2) is 0 Å². The Morgan fingerprint density at radius 2 is 2.07 bits per heavy atom. The van der Waals surface area contributed by atoms with E-state index in [-0.39, 0.29) is 0 Å². The van der Waals surface area contributed by atoms with Gasteiger partial charge in [0.15, 0.2) is 0 Å². The lowest BCUT2D eigenvalue weighted by atomic mass is 10.1. The maximum Gasteiger partial charge on any atom is 0.252 e. The monoisotopic (exact) mass is 189 g/mol. The number of benzene rings is 1. The molecule has 0 atom stereocenters. The fourth-order valence-electron chi connectivity index (χ4n) is 1.63. The number of amides is 1. The van der Waals surface area contributed by atoms with Gasteiger partial charge in [-0.05, 0) is 25.5 Å². The van der Waals surface area contributed by atoms with Gasteiger partial charge in [0.25, 0.3) is 5.91 Å². The van der Waals surface area contributed by atoms with Crippen LogP contribution in [0.1, 0.15) is 21.7 Å². The molecule has 1 aromatic carbocycles. The van der Waals surface area contributed by atoms with Crippen LogP contribution >= 0.6 is 0 Å². The Morgan fingerprint density at radius 3 is 2.71 bits per heavy atom. The van der Waals surface area contributed by atoms with E-state index in [1.54, 1.807) is 6.92 Å². The normalized spacial score (nSPS) is 10.7. The number of hydrogen-bond donors (Lipinski definition) is 1. The Labute approximate surface area is 81.5 Å². The molecule has 0 bridgehead atoms. The highest BCUT2D eigenvalue weighted by molar-refractivity contribution is 6.06. The van der Waals surface area contributed by atoms with Crippen LogP contribution in [0, 0.1) is 13.8 Å². The second-order valence-electron chi connectivity index (χ2n) is 3.40. The molecule has 0 saturated carbocycles. The first-order valence-corrected chi connectivity index (χ1v) is 4.39. The summed E-state index contributed by atoms with van der Waals surface area (Å²) in [6.07, 6.45) is 0. The van der Waals surface area contributed by atoms with Crippen molar-refractivity contribution in [3.05, 3.63) is 35.1 Å². The van der Waals surface area contributed by atoms with Crippen LogP contribution in [0.2, 0.25) is 0 Å². The average Bonchev–Trinajstić information content (AvgIpc) is 2.39. The average molecular weight is 189 g/mol. The Bertz CT molecular complexity index is 511. The quantitative estimate of drug-likeness (QED) is 0.747. The number of rotatable bonds is 1. The first-order chi connectivity index (χ1) is 6.59. The van der Waals surface area contributed by atoms with E-state index in [4.69, 9.17) is 10.2 Å². The van der Waals surface area contributed by atoms with Crippen LogP contribution in [-0.4, -0.2) is 5.91 Å². The third-order valence-corrected chi connectivity index (χ3v) is 2.27. The lowest BCUT2D eigenvalue weighted by Gasteiger charge is -1.93. The van der Waals surface area contributed by atoms with Crippen molar-refractivity contribution in [3.63, 3.8) is 0 Å². The summed E-state index contributed by atoms with van der Waals surface area (Å²) < 4.78 is 5.44. The summed E-state index contributed by atoms with van der Waals surface area (Å²) >= 11 is 0. The lowest BCUT2D eigenvalue weighted by molar-refractivity contribution is 0.1000. The Morgan fingerprint density at radius 1 is 1.36 bits per heavy atom. The number of furan rings is 1. The summed E-state index contributed by atoms with van der Waals surface area (Å²) in [6, 6.07) is 5.69. The van der Waals surface area contributed by atoms with E-state index in [0.717, 1.165) is 16.5 Å². The van der Waals surface area contributed by atoms with Gasteiger partial charge in [0.05, 0.1) is 5.56 Å². The first kappa shape index (κ1) is 8.81. The minimum atomic E-state index is -0.440. The molecule has 0 aliphatic heterocycles. The van der Waals surface area contributed by atoms with Gasteiger partial charge in [-0.15, -0.1) is 0 Å². The smallest absolute Gasteiger partial charge is 0.252 e. The molecule has 0 radical (unpaired) electrons. The van der Waals surface area contributed by atoms with Crippen LogP contribution in [0.4, 0.5) is 0 Å². The number of primary amides is 1. The maximum absolute atomic E-state index is 11.1. The molecule has 0 spiro atoms. The van der Waals surface area contributed by atoms with Gasteiger partial charge in [0.2, 0.25) is 0 Å². The molecule has 0 aliphatic carbocycles. The number of hydrogen-bond acceptors (Lipinski definition) is 2. The zero-order valence-electron chi connectivity index (χ0n) is 8.13. The molecule has 0 unspecified atom stereocenters. The van der Waals surface area contributed by atoms with Crippen molar-refractivity contribution in [1.29, 1.82) is 0 Å². The van der Waals surface area contributed by atoms with Gasteiger partial charge in [-0.2, -0.15) is 0 Å². The second kappa shape index (κ2) is 2.87. The van der Waals surface area contributed by atoms with Gasteiger partial charge in [0, 0.05) is 5.39 Å². The zero-order chi connectivity index (χ0) is 10.3. The van der Waals surface area contributed by atoms with Crippen molar-refractivity contribution >= 4 is 16.9 Å². The molecule has 2 aromatic rings. The van der Waals surface area contributed by atoms with Crippen LogP contribution in [0.25, 0.3) is 11.0 Å². The zero-order valence-corrected chi connectivity index (χ0v) is 8.13. The highest BCUT2D eigenvalue weighted by Crippen LogP contribution is 2.25. The van der Waals surface area contributed by atoms with Gasteiger partial charge < -0.3 is 10.2 Å². The van der Waals surface area contributed by atoms with Crippen molar-refractivity contribution < 1.29 is 9.21 Å². The van der Waals surface area contributed by atoms with Crippen LogP contribution in [0.5, 0.6) is 0 Å². The van der Waals surface area contributed by atoms with E-state index in [1.165, 1.54) is 0 Å². The lowest BCUT2D eigenvalue weighted by Crippen LogP contribution is -2.11. The van der Waals surface area contributed by atoms with Gasteiger partial charge >= 0.3 is 0 Å². The standard InChI is InChI=1S/C11H11NO2/c1-6-3-4-8-9(5-6)14-7(2)10(8)11(12)13/h3-5H,1-2H3,(H2,12,13). The topological polar surface area (TPSA) is 56.2 Å². The summed E-state index contributed by atoms with van der Waals surface area (Å²) in [4.78, 5) is 11.1. The summed E-state index contributed by atoms with van der Waals surface area (Å²) in [5.74, 6) is 0.142. The molecule has 1 amide bonds. The molecule has 3 heteroatoms. The third-order valence-electron chi connectivity index (χ3n) is 2.27. The highest BCUT2D eigenvalue weighted by Gasteiger charge is 2.14. The predicted octanol–water partition coefficient (Wildman–Crippen LogP) is 2.15. The van der Waals surface area contributed by atoms with Crippen molar-refractivity contribution in [2.75, 3.05) is 0 Å². The van der Waals surface area contributed by atoms with E-state index < -0.39 is 5.91 Å². The van der Waals surface area contributed by atoms with E-state index in [1.807, 2.05) is 25.1 Å². The van der Waals surface area contributed by atoms with E-state index in [2.05, 4.69) is 0 Å². The van der Waals surface area contributed by atoms with E-state index >= 15 is 0 Å². The van der Waals surface area contributed by atoms with Crippen molar-refractivity contribution in [2.24, 2.45) is 5.73 Å². The molecule has 1 heterocycles. The van der Waals surface area contributed by atoms with E-state index in [9.17, 15) is 4.79 Å². The Kier molecular flexibility index (Phi) is 1.81. The number of carbonyl (C=O) groups is 1. The van der Waals surface area contributed by atoms with Crippen LogP contribution in [0.3, 0.4) is 0 Å². The summed E-state index contributed by atoms with van der Waals surface area (Å²) in [7, 11) is 0. The fourth-order valence-corrected chi connectivity index (χ4v) is 1.63. The number of carbonyl (C=O) groups excluding carboxylic acids is 1. The predicted molar refractivity (Wildman–Crippen MR) is 54.2 cm³/mol. The maximum atomic E-state index is 11.1. The molecule has 0 aliphatic rings. The minimum Gasteiger partial charge on any atom is -0.461 e. The highest BCUT2D eigenvalue weighted by atomic mass is 16.3. The number of aryl methyl sites for hydroxylation is 2. The summed E-state index contributed by atoms with van der Waals surface area (Å²) in [5.41, 5.74) is 7.57. The van der Waals surface area contributed by atoms with Crippen LogP contribution < -0.4 is 5.73 Å².